The Bertz CT molecular complexity index is 1540. The van der Waals surface area contributed by atoms with E-state index in [1.807, 2.05) is 29.2 Å². The molecule has 3 heterocycles. The van der Waals surface area contributed by atoms with Crippen LogP contribution in [0, 0.1) is 29.0 Å². The number of nitriles is 1. The maximum absolute atomic E-state index is 15.5. The third kappa shape index (κ3) is 6.35. The van der Waals surface area contributed by atoms with Crippen LogP contribution < -0.4 is 4.90 Å². The van der Waals surface area contributed by atoms with Crippen molar-refractivity contribution >= 4 is 23.5 Å². The number of piperidine rings is 2. The van der Waals surface area contributed by atoms with Crippen molar-refractivity contribution in [3.05, 3.63) is 53.3 Å². The number of fused-ring (bicyclic) bond motifs is 3. The molecule has 8 nitrogen and oxygen atoms in total. The normalized spacial score (nSPS) is 24.1. The van der Waals surface area contributed by atoms with Gasteiger partial charge in [0.15, 0.2) is 5.78 Å². The van der Waals surface area contributed by atoms with Crippen LogP contribution in [-0.2, 0) is 27.2 Å². The summed E-state index contributed by atoms with van der Waals surface area (Å²) in [6, 6.07) is 12.7. The molecule has 2 aromatic carbocycles. The second-order valence-corrected chi connectivity index (χ2v) is 14.4. The molecule has 0 aromatic heterocycles. The van der Waals surface area contributed by atoms with Gasteiger partial charge in [-0.05, 0) is 120 Å². The quantitative estimate of drug-likeness (QED) is 0.385. The van der Waals surface area contributed by atoms with E-state index in [0.717, 1.165) is 62.0 Å². The molecule has 2 amide bonds. The van der Waals surface area contributed by atoms with E-state index in [0.29, 0.717) is 17.5 Å². The third-order valence-corrected chi connectivity index (χ3v) is 10.0. The molecule has 9 heteroatoms. The van der Waals surface area contributed by atoms with Gasteiger partial charge >= 0.3 is 6.09 Å². The van der Waals surface area contributed by atoms with Crippen LogP contribution in [-0.4, -0.2) is 71.4 Å². The van der Waals surface area contributed by atoms with Gasteiger partial charge in [0.2, 0.25) is 5.91 Å². The van der Waals surface area contributed by atoms with E-state index < -0.39 is 29.5 Å². The van der Waals surface area contributed by atoms with Crippen LogP contribution in [0.1, 0.15) is 70.4 Å². The standard InChI is InChI=1S/C36H43FN4O4/c1-36(2,3)45-35(44)41-29-10-9-27(17-29)34(41)32(42)16-22(21-38)15-25-7-5-23(18-30(25)37)24-6-8-26-20-33(43)40(31(26)19-24)28-11-13-39(4)14-12-28/h5-8,18-19,22,27-29,34H,9-17,20H2,1-4H3/t22-,27+,29-,34+/m1/s1. The van der Waals surface area contributed by atoms with Crippen LogP contribution in [0.2, 0.25) is 0 Å². The number of ketones is 1. The molecule has 2 bridgehead atoms. The number of halogens is 1. The highest BCUT2D eigenvalue weighted by Crippen LogP contribution is 2.44. The first kappa shape index (κ1) is 31.2. The first-order valence-electron chi connectivity index (χ1n) is 16.3. The van der Waals surface area contributed by atoms with E-state index in [2.05, 4.69) is 18.0 Å². The lowest BCUT2D eigenvalue weighted by molar-refractivity contribution is -0.126. The van der Waals surface area contributed by atoms with Crippen LogP contribution in [0.25, 0.3) is 11.1 Å². The van der Waals surface area contributed by atoms with Crippen molar-refractivity contribution in [2.75, 3.05) is 25.0 Å². The molecule has 238 valence electrons. The Balaban J connectivity index is 1.15. The number of carbonyl (C=O) groups excluding carboxylic acids is 3. The summed E-state index contributed by atoms with van der Waals surface area (Å²) in [5.41, 5.74) is 3.15. The average Bonchev–Trinajstić information content (AvgIpc) is 3.70. The van der Waals surface area contributed by atoms with Crippen molar-refractivity contribution in [3.63, 3.8) is 0 Å². The lowest BCUT2D eigenvalue weighted by Gasteiger charge is -2.35. The van der Waals surface area contributed by atoms with Crippen molar-refractivity contribution in [1.29, 1.82) is 5.26 Å². The number of benzene rings is 2. The second kappa shape index (κ2) is 12.2. The Morgan fingerprint density at radius 2 is 1.76 bits per heavy atom. The number of anilines is 1. The number of Topliss-reactive ketones (excluding diaryl/α,β-unsaturated/α-hetero) is 1. The number of rotatable bonds is 7. The minimum atomic E-state index is -0.716. The Labute approximate surface area is 265 Å². The van der Waals surface area contributed by atoms with Gasteiger partial charge in [-0.2, -0.15) is 5.26 Å². The first-order chi connectivity index (χ1) is 21.4. The molecule has 0 unspecified atom stereocenters. The summed E-state index contributed by atoms with van der Waals surface area (Å²) < 4.78 is 21.1. The van der Waals surface area contributed by atoms with Gasteiger partial charge in [-0.25, -0.2) is 9.18 Å². The molecule has 1 saturated carbocycles. The lowest BCUT2D eigenvalue weighted by Crippen LogP contribution is -2.51. The Hall–Kier alpha value is -3.77. The topological polar surface area (TPSA) is 94.0 Å². The number of amides is 2. The summed E-state index contributed by atoms with van der Waals surface area (Å²) in [6.07, 6.45) is 4.33. The smallest absolute Gasteiger partial charge is 0.411 e. The number of ether oxygens (including phenoxy) is 1. The molecular weight excluding hydrogens is 571 g/mol. The molecule has 6 rings (SSSR count). The van der Waals surface area contributed by atoms with Gasteiger partial charge in [-0.3, -0.25) is 14.5 Å². The predicted molar refractivity (Wildman–Crippen MR) is 169 cm³/mol. The summed E-state index contributed by atoms with van der Waals surface area (Å²) in [7, 11) is 2.10. The molecule has 0 spiro atoms. The minimum absolute atomic E-state index is 0.0156. The van der Waals surface area contributed by atoms with Crippen molar-refractivity contribution in [2.45, 2.75) is 95.9 Å². The molecule has 4 atom stereocenters. The number of hydrogen-bond acceptors (Lipinski definition) is 6. The molecule has 1 aliphatic carbocycles. The van der Waals surface area contributed by atoms with E-state index in [1.165, 1.54) is 6.07 Å². The summed E-state index contributed by atoms with van der Waals surface area (Å²) in [5.74, 6) is -1.11. The maximum Gasteiger partial charge on any atom is 0.411 e. The van der Waals surface area contributed by atoms with E-state index in [1.54, 1.807) is 31.7 Å². The van der Waals surface area contributed by atoms with Gasteiger partial charge in [0.1, 0.15) is 11.4 Å². The second-order valence-electron chi connectivity index (χ2n) is 14.4. The van der Waals surface area contributed by atoms with Crippen molar-refractivity contribution in [2.24, 2.45) is 11.8 Å². The molecule has 2 aromatic rings. The molecule has 3 fully saturated rings. The van der Waals surface area contributed by atoms with Crippen molar-refractivity contribution < 1.29 is 23.5 Å². The SMILES string of the molecule is CN1CCC(N2C(=O)Cc3ccc(-c4ccc(C[C@@H](C#N)CC(=O)[C@@H]5[C@H]6CC[C@H](C6)N5C(=O)OC(C)(C)C)c(F)c4)cc32)CC1. The van der Waals surface area contributed by atoms with Crippen molar-refractivity contribution in [1.82, 2.24) is 9.80 Å². The monoisotopic (exact) mass is 614 g/mol. The van der Waals surface area contributed by atoms with Crippen LogP contribution in [0.5, 0.6) is 0 Å². The lowest BCUT2D eigenvalue weighted by atomic mass is 9.87. The number of hydrogen-bond donors (Lipinski definition) is 0. The Morgan fingerprint density at radius 3 is 2.44 bits per heavy atom. The van der Waals surface area contributed by atoms with Gasteiger partial charge < -0.3 is 14.5 Å². The fourth-order valence-electron chi connectivity index (χ4n) is 7.82. The number of carbonyl (C=O) groups is 3. The number of nitrogens with zero attached hydrogens (tertiary/aromatic N) is 4. The summed E-state index contributed by atoms with van der Waals surface area (Å²) >= 11 is 0. The predicted octanol–water partition coefficient (Wildman–Crippen LogP) is 5.91. The van der Waals surface area contributed by atoms with E-state index in [9.17, 15) is 19.6 Å². The van der Waals surface area contributed by atoms with Crippen LogP contribution in [0.4, 0.5) is 14.9 Å². The third-order valence-electron chi connectivity index (χ3n) is 10.0. The average molecular weight is 615 g/mol. The van der Waals surface area contributed by atoms with Crippen LogP contribution in [0.3, 0.4) is 0 Å². The zero-order valence-electron chi connectivity index (χ0n) is 26.7. The summed E-state index contributed by atoms with van der Waals surface area (Å²) in [5, 5.41) is 9.96. The maximum atomic E-state index is 15.5. The molecule has 4 aliphatic rings. The Morgan fingerprint density at radius 1 is 1.04 bits per heavy atom. The van der Waals surface area contributed by atoms with Gasteiger partial charge in [0.25, 0.3) is 0 Å². The first-order valence-corrected chi connectivity index (χ1v) is 16.3. The zero-order valence-corrected chi connectivity index (χ0v) is 26.7. The van der Waals surface area contributed by atoms with Crippen molar-refractivity contribution in [3.8, 4) is 17.2 Å². The van der Waals surface area contributed by atoms with E-state index >= 15 is 4.39 Å². The van der Waals surface area contributed by atoms with Crippen LogP contribution >= 0.6 is 0 Å². The molecular formula is C36H43FN4O4. The summed E-state index contributed by atoms with van der Waals surface area (Å²) in [4.78, 5) is 45.4. The minimum Gasteiger partial charge on any atom is -0.444 e. The highest BCUT2D eigenvalue weighted by Gasteiger charge is 2.52. The summed E-state index contributed by atoms with van der Waals surface area (Å²) in [6.45, 7) is 7.32. The van der Waals surface area contributed by atoms with Gasteiger partial charge in [-0.1, -0.05) is 24.3 Å². The van der Waals surface area contributed by atoms with E-state index in [-0.39, 0.29) is 42.5 Å². The van der Waals surface area contributed by atoms with Crippen LogP contribution in [0.15, 0.2) is 36.4 Å². The highest BCUT2D eigenvalue weighted by atomic mass is 19.1. The highest BCUT2D eigenvalue weighted by molar-refractivity contribution is 6.02. The van der Waals surface area contributed by atoms with Gasteiger partial charge in [0, 0.05) is 24.2 Å². The fraction of sp³-hybridized carbons (Fsp3) is 0.556. The number of likely N-dealkylation sites (tertiary alicyclic amines) is 2. The van der Waals surface area contributed by atoms with E-state index in [4.69, 9.17) is 4.74 Å². The van der Waals surface area contributed by atoms with Gasteiger partial charge in [0.05, 0.1) is 24.4 Å². The van der Waals surface area contributed by atoms with Gasteiger partial charge in [-0.15, -0.1) is 0 Å². The zero-order chi connectivity index (χ0) is 32.0. The Kier molecular flexibility index (Phi) is 8.47. The largest absolute Gasteiger partial charge is 0.444 e. The molecule has 3 aliphatic heterocycles. The molecule has 2 saturated heterocycles. The fourth-order valence-corrected chi connectivity index (χ4v) is 7.82. The molecule has 0 radical (unpaired) electrons. The molecule has 45 heavy (non-hydrogen) atoms. The molecule has 0 N–H and O–H groups in total.